The molecule has 0 fully saturated rings. The van der Waals surface area contributed by atoms with Crippen molar-refractivity contribution in [1.82, 2.24) is 0 Å². The van der Waals surface area contributed by atoms with E-state index in [0.717, 1.165) is 17.4 Å². The van der Waals surface area contributed by atoms with E-state index in [1.807, 2.05) is 6.92 Å². The molecule has 0 aliphatic carbocycles. The third-order valence-electron chi connectivity index (χ3n) is 4.80. The normalized spacial score (nSPS) is 19.3. The summed E-state index contributed by atoms with van der Waals surface area (Å²) < 4.78 is 0. The van der Waals surface area contributed by atoms with Crippen LogP contribution in [0.2, 0.25) is 0 Å². The fourth-order valence-corrected chi connectivity index (χ4v) is 2.99. The zero-order chi connectivity index (χ0) is 15.7. The number of hydrogen-bond acceptors (Lipinski definition) is 0. The van der Waals surface area contributed by atoms with Gasteiger partial charge in [-0.05, 0) is 42.9 Å². The molecule has 0 aliphatic heterocycles. The molecule has 0 aromatic carbocycles. The van der Waals surface area contributed by atoms with Gasteiger partial charge in [-0.3, -0.25) is 0 Å². The predicted molar refractivity (Wildman–Crippen MR) is 93.8 cm³/mol. The number of allylic oxidation sites excluding steroid dienone is 4. The second kappa shape index (κ2) is 10.0. The maximum Gasteiger partial charge on any atom is -0.0202 e. The first-order valence-electron chi connectivity index (χ1n) is 8.29. The minimum Gasteiger partial charge on any atom is -0.103 e. The minimum atomic E-state index is 0.589. The Labute approximate surface area is 128 Å². The maximum absolute atomic E-state index is 4.08. The molecular weight excluding hydrogens is 240 g/mol. The molecular formula is C20H36. The van der Waals surface area contributed by atoms with Crippen molar-refractivity contribution in [2.45, 2.75) is 60.8 Å². The molecule has 5 unspecified atom stereocenters. The number of hydrogen-bond donors (Lipinski definition) is 0. The van der Waals surface area contributed by atoms with Gasteiger partial charge in [-0.15, -0.1) is 6.58 Å². The van der Waals surface area contributed by atoms with Crippen molar-refractivity contribution in [2.75, 3.05) is 0 Å². The van der Waals surface area contributed by atoms with Gasteiger partial charge in [-0.25, -0.2) is 0 Å². The maximum atomic E-state index is 4.08. The first kappa shape index (κ1) is 19.2. The lowest BCUT2D eigenvalue weighted by Crippen LogP contribution is -2.24. The summed E-state index contributed by atoms with van der Waals surface area (Å²) in [6.07, 6.45) is 10.4. The van der Waals surface area contributed by atoms with E-state index in [0.29, 0.717) is 17.8 Å². The van der Waals surface area contributed by atoms with E-state index in [-0.39, 0.29) is 0 Å². The lowest BCUT2D eigenvalue weighted by atomic mass is 9.74. The van der Waals surface area contributed by atoms with Gasteiger partial charge in [0, 0.05) is 0 Å². The lowest BCUT2D eigenvalue weighted by Gasteiger charge is -2.32. The summed E-state index contributed by atoms with van der Waals surface area (Å²) in [5.74, 6) is 3.46. The smallest absolute Gasteiger partial charge is 0.0202 e. The van der Waals surface area contributed by atoms with E-state index in [4.69, 9.17) is 0 Å². The Bertz CT molecular complexity index is 310. The Kier molecular flexibility index (Phi) is 9.63. The summed E-state index contributed by atoms with van der Waals surface area (Å²) in [6.45, 7) is 21.8. The van der Waals surface area contributed by atoms with Crippen LogP contribution in [0.4, 0.5) is 0 Å². The zero-order valence-electron chi connectivity index (χ0n) is 14.7. The van der Waals surface area contributed by atoms with Crippen molar-refractivity contribution in [1.29, 1.82) is 0 Å². The molecule has 0 nitrogen and oxygen atoms in total. The molecule has 5 atom stereocenters. The van der Waals surface area contributed by atoms with Gasteiger partial charge in [0.15, 0.2) is 0 Å². The van der Waals surface area contributed by atoms with Gasteiger partial charge in [0.05, 0.1) is 0 Å². The molecule has 0 spiro atoms. The topological polar surface area (TPSA) is 0 Å². The Morgan fingerprint density at radius 3 is 2.15 bits per heavy atom. The van der Waals surface area contributed by atoms with E-state index in [1.54, 1.807) is 0 Å². The van der Waals surface area contributed by atoms with Crippen molar-refractivity contribution in [3.63, 3.8) is 0 Å². The monoisotopic (exact) mass is 276 g/mol. The van der Waals surface area contributed by atoms with Crippen LogP contribution in [-0.4, -0.2) is 0 Å². The summed E-state index contributed by atoms with van der Waals surface area (Å²) >= 11 is 0. The molecule has 0 rings (SSSR count). The van der Waals surface area contributed by atoms with E-state index in [9.17, 15) is 0 Å². The van der Waals surface area contributed by atoms with E-state index < -0.39 is 0 Å². The quantitative estimate of drug-likeness (QED) is 0.309. The van der Waals surface area contributed by atoms with Crippen LogP contribution in [0.5, 0.6) is 0 Å². The first-order valence-corrected chi connectivity index (χ1v) is 8.29. The zero-order valence-corrected chi connectivity index (χ0v) is 14.7. The SMILES string of the molecule is C=CC(CC(C)C=CC(=C)C)C(C)C(C)C(C)CCC. The fourth-order valence-electron chi connectivity index (χ4n) is 2.99. The van der Waals surface area contributed by atoms with E-state index >= 15 is 0 Å². The predicted octanol–water partition coefficient (Wildman–Crippen LogP) is 6.66. The Hall–Kier alpha value is -0.780. The van der Waals surface area contributed by atoms with Crippen molar-refractivity contribution in [3.05, 3.63) is 37.0 Å². The summed E-state index contributed by atoms with van der Waals surface area (Å²) in [7, 11) is 0. The van der Waals surface area contributed by atoms with Crippen LogP contribution >= 0.6 is 0 Å². The number of rotatable bonds is 10. The Balaban J connectivity index is 4.58. The molecule has 0 amide bonds. The third-order valence-corrected chi connectivity index (χ3v) is 4.80. The molecule has 0 aliphatic rings. The summed E-state index contributed by atoms with van der Waals surface area (Å²) in [4.78, 5) is 0. The molecule has 0 radical (unpaired) electrons. The second-order valence-electron chi connectivity index (χ2n) is 6.80. The molecule has 0 saturated carbocycles. The first-order chi connectivity index (χ1) is 9.33. The Morgan fingerprint density at radius 1 is 1.10 bits per heavy atom. The fraction of sp³-hybridized carbons (Fsp3) is 0.700. The highest BCUT2D eigenvalue weighted by molar-refractivity contribution is 5.12. The van der Waals surface area contributed by atoms with Gasteiger partial charge in [0.25, 0.3) is 0 Å². The highest BCUT2D eigenvalue weighted by Crippen LogP contribution is 2.33. The van der Waals surface area contributed by atoms with Crippen LogP contribution in [0.1, 0.15) is 60.8 Å². The molecule has 0 aromatic rings. The lowest BCUT2D eigenvalue weighted by molar-refractivity contribution is 0.205. The second-order valence-corrected chi connectivity index (χ2v) is 6.80. The molecule has 116 valence electrons. The summed E-state index contributed by atoms with van der Waals surface area (Å²) in [5.41, 5.74) is 1.13. The van der Waals surface area contributed by atoms with Gasteiger partial charge in [0.1, 0.15) is 0 Å². The largest absolute Gasteiger partial charge is 0.103 e. The molecule has 0 saturated heterocycles. The molecule has 0 bridgehead atoms. The minimum absolute atomic E-state index is 0.589. The van der Waals surface area contributed by atoms with Gasteiger partial charge < -0.3 is 0 Å². The van der Waals surface area contributed by atoms with Crippen molar-refractivity contribution in [3.8, 4) is 0 Å². The molecule has 20 heavy (non-hydrogen) atoms. The highest BCUT2D eigenvalue weighted by Gasteiger charge is 2.25. The Morgan fingerprint density at radius 2 is 1.70 bits per heavy atom. The third kappa shape index (κ3) is 7.12. The van der Waals surface area contributed by atoms with Gasteiger partial charge in [-0.1, -0.05) is 77.8 Å². The van der Waals surface area contributed by atoms with Crippen LogP contribution in [-0.2, 0) is 0 Å². The molecule has 0 N–H and O–H groups in total. The van der Waals surface area contributed by atoms with Crippen LogP contribution in [0, 0.1) is 29.6 Å². The van der Waals surface area contributed by atoms with Crippen molar-refractivity contribution >= 4 is 0 Å². The summed E-state index contributed by atoms with van der Waals surface area (Å²) in [5, 5.41) is 0. The standard InChI is InChI=1S/C20H36/c1-9-11-17(6)18(7)19(8)20(10-2)14-16(5)13-12-15(3)4/h10,12-13,16-20H,2-3,9,11,14H2,1,4-8H3. The van der Waals surface area contributed by atoms with Crippen LogP contribution in [0.25, 0.3) is 0 Å². The van der Waals surface area contributed by atoms with E-state index in [2.05, 4.69) is 66.0 Å². The van der Waals surface area contributed by atoms with Crippen LogP contribution < -0.4 is 0 Å². The van der Waals surface area contributed by atoms with Gasteiger partial charge >= 0.3 is 0 Å². The summed E-state index contributed by atoms with van der Waals surface area (Å²) in [6, 6.07) is 0. The van der Waals surface area contributed by atoms with E-state index in [1.165, 1.54) is 19.3 Å². The molecule has 0 heteroatoms. The van der Waals surface area contributed by atoms with Gasteiger partial charge in [0.2, 0.25) is 0 Å². The average Bonchev–Trinajstić information content (AvgIpc) is 2.41. The van der Waals surface area contributed by atoms with Crippen molar-refractivity contribution < 1.29 is 0 Å². The van der Waals surface area contributed by atoms with Crippen LogP contribution in [0.15, 0.2) is 37.0 Å². The van der Waals surface area contributed by atoms with Crippen molar-refractivity contribution in [2.24, 2.45) is 29.6 Å². The molecule has 0 aromatic heterocycles. The van der Waals surface area contributed by atoms with Gasteiger partial charge in [-0.2, -0.15) is 0 Å². The highest BCUT2D eigenvalue weighted by atomic mass is 14.3. The molecule has 0 heterocycles. The van der Waals surface area contributed by atoms with Crippen LogP contribution in [0.3, 0.4) is 0 Å². The average molecular weight is 277 g/mol.